The Morgan fingerprint density at radius 2 is 2.22 bits per heavy atom. The van der Waals surface area contributed by atoms with Crippen LogP contribution < -0.4 is 10.6 Å². The van der Waals surface area contributed by atoms with Gasteiger partial charge in [-0.2, -0.15) is 0 Å². The summed E-state index contributed by atoms with van der Waals surface area (Å²) in [5.41, 5.74) is 0.786. The van der Waals surface area contributed by atoms with Crippen LogP contribution in [0.25, 0.3) is 0 Å². The van der Waals surface area contributed by atoms with Crippen LogP contribution in [0.2, 0.25) is 0 Å². The second kappa shape index (κ2) is 6.87. The molecule has 1 amide bonds. The number of carbonyl (C=O) groups excluding carboxylic acids is 1. The Morgan fingerprint density at radius 1 is 1.44 bits per heavy atom. The molecule has 1 saturated heterocycles. The first-order valence-electron chi connectivity index (χ1n) is 6.12. The lowest BCUT2D eigenvalue weighted by Gasteiger charge is -2.22. The van der Waals surface area contributed by atoms with Crippen molar-refractivity contribution in [1.29, 1.82) is 0 Å². The molecule has 1 unspecified atom stereocenters. The lowest BCUT2D eigenvalue weighted by molar-refractivity contribution is -0.122. The Kier molecular flexibility index (Phi) is 5.16. The summed E-state index contributed by atoms with van der Waals surface area (Å²) in [7, 11) is 0. The molecule has 1 aromatic carbocycles. The van der Waals surface area contributed by atoms with Crippen molar-refractivity contribution in [2.24, 2.45) is 0 Å². The zero-order valence-electron chi connectivity index (χ0n) is 10.1. The van der Waals surface area contributed by atoms with Crippen LogP contribution in [0, 0.1) is 0 Å². The fourth-order valence-electron chi connectivity index (χ4n) is 1.89. The highest BCUT2D eigenvalue weighted by Gasteiger charge is 2.14. The predicted molar refractivity (Wildman–Crippen MR) is 74.6 cm³/mol. The van der Waals surface area contributed by atoms with Crippen LogP contribution >= 0.6 is 15.9 Å². The molecule has 1 aromatic rings. The first kappa shape index (κ1) is 13.5. The number of carbonyl (C=O) groups is 1. The quantitative estimate of drug-likeness (QED) is 0.895. The molecule has 0 aromatic heterocycles. The van der Waals surface area contributed by atoms with E-state index in [-0.39, 0.29) is 18.6 Å². The van der Waals surface area contributed by atoms with Crippen molar-refractivity contribution < 1.29 is 9.53 Å². The lowest BCUT2D eigenvalue weighted by Crippen LogP contribution is -2.37. The van der Waals surface area contributed by atoms with Crippen LogP contribution in [0.3, 0.4) is 0 Å². The van der Waals surface area contributed by atoms with Gasteiger partial charge in [-0.05, 0) is 43.7 Å². The van der Waals surface area contributed by atoms with Crippen molar-refractivity contribution in [2.45, 2.75) is 18.9 Å². The smallest absolute Gasteiger partial charge is 0.250 e. The van der Waals surface area contributed by atoms with Gasteiger partial charge in [0.15, 0.2) is 0 Å². The molecule has 1 aliphatic heterocycles. The van der Waals surface area contributed by atoms with Crippen molar-refractivity contribution >= 4 is 27.5 Å². The minimum absolute atomic E-state index is 0.108. The minimum Gasteiger partial charge on any atom is -0.367 e. The van der Waals surface area contributed by atoms with Crippen molar-refractivity contribution in [3.63, 3.8) is 0 Å². The third-order valence-corrected chi connectivity index (χ3v) is 3.36. The number of ether oxygens (including phenoxy) is 1. The fourth-order valence-corrected chi connectivity index (χ4v) is 2.15. The molecule has 1 fully saturated rings. The van der Waals surface area contributed by atoms with E-state index in [1.165, 1.54) is 0 Å². The Bertz CT molecular complexity index is 388. The summed E-state index contributed by atoms with van der Waals surface area (Å²) in [6.45, 7) is 2.00. The number of hydrogen-bond donors (Lipinski definition) is 2. The van der Waals surface area contributed by atoms with Crippen molar-refractivity contribution in [3.8, 4) is 0 Å². The summed E-state index contributed by atoms with van der Waals surface area (Å²) >= 11 is 3.35. The zero-order chi connectivity index (χ0) is 12.8. The molecule has 2 N–H and O–H groups in total. The standard InChI is InChI=1S/C13H17BrN2O2/c14-10-3-5-11(6-4-10)16-13(17)9-18-12-2-1-7-15-8-12/h3-6,12,15H,1-2,7-9H2,(H,16,17). The second-order valence-corrected chi connectivity index (χ2v) is 5.25. The van der Waals surface area contributed by atoms with E-state index < -0.39 is 0 Å². The number of anilines is 1. The highest BCUT2D eigenvalue weighted by Crippen LogP contribution is 2.14. The topological polar surface area (TPSA) is 50.4 Å². The van der Waals surface area contributed by atoms with Gasteiger partial charge in [-0.1, -0.05) is 15.9 Å². The van der Waals surface area contributed by atoms with Gasteiger partial charge >= 0.3 is 0 Å². The largest absolute Gasteiger partial charge is 0.367 e. The van der Waals surface area contributed by atoms with E-state index in [1.807, 2.05) is 24.3 Å². The third-order valence-electron chi connectivity index (χ3n) is 2.83. The normalized spacial score (nSPS) is 19.5. The molecule has 0 saturated carbocycles. The van der Waals surface area contributed by atoms with E-state index in [0.717, 1.165) is 36.1 Å². The fraction of sp³-hybridized carbons (Fsp3) is 0.462. The molecule has 0 spiro atoms. The monoisotopic (exact) mass is 312 g/mol. The van der Waals surface area contributed by atoms with Crippen LogP contribution in [0.4, 0.5) is 5.69 Å². The number of piperidine rings is 1. The van der Waals surface area contributed by atoms with Crippen LogP contribution in [0.5, 0.6) is 0 Å². The van der Waals surface area contributed by atoms with Gasteiger partial charge in [0.2, 0.25) is 5.91 Å². The first-order valence-corrected chi connectivity index (χ1v) is 6.91. The van der Waals surface area contributed by atoms with E-state index in [2.05, 4.69) is 26.6 Å². The number of amides is 1. The Hall–Kier alpha value is -0.910. The molecule has 2 rings (SSSR count). The third kappa shape index (κ3) is 4.40. The van der Waals surface area contributed by atoms with Gasteiger partial charge in [0.25, 0.3) is 0 Å². The highest BCUT2D eigenvalue weighted by molar-refractivity contribution is 9.10. The van der Waals surface area contributed by atoms with Gasteiger partial charge < -0.3 is 15.4 Å². The van der Waals surface area contributed by atoms with Gasteiger partial charge in [-0.25, -0.2) is 0 Å². The molecule has 1 heterocycles. The Labute approximate surface area is 115 Å². The molecule has 98 valence electrons. The summed E-state index contributed by atoms with van der Waals surface area (Å²) in [4.78, 5) is 11.7. The van der Waals surface area contributed by atoms with Gasteiger partial charge in [0, 0.05) is 16.7 Å². The lowest BCUT2D eigenvalue weighted by atomic mass is 10.1. The summed E-state index contributed by atoms with van der Waals surface area (Å²) in [6, 6.07) is 7.48. The van der Waals surface area contributed by atoms with Crippen molar-refractivity contribution in [2.75, 3.05) is 25.0 Å². The molecule has 0 aliphatic carbocycles. The molecule has 0 radical (unpaired) electrons. The van der Waals surface area contributed by atoms with Gasteiger partial charge in [-0.15, -0.1) is 0 Å². The summed E-state index contributed by atoms with van der Waals surface area (Å²) in [5.74, 6) is -0.108. The molecule has 4 nitrogen and oxygen atoms in total. The van der Waals surface area contributed by atoms with Crippen LogP contribution in [0.1, 0.15) is 12.8 Å². The summed E-state index contributed by atoms with van der Waals surface area (Å²) < 4.78 is 6.55. The van der Waals surface area contributed by atoms with E-state index in [1.54, 1.807) is 0 Å². The first-order chi connectivity index (χ1) is 8.74. The summed E-state index contributed by atoms with van der Waals surface area (Å²) in [6.07, 6.45) is 2.30. The molecular weight excluding hydrogens is 296 g/mol. The second-order valence-electron chi connectivity index (χ2n) is 4.33. The predicted octanol–water partition coefficient (Wildman–Crippen LogP) is 2.16. The Balaban J connectivity index is 1.73. The molecule has 1 aliphatic rings. The van der Waals surface area contributed by atoms with E-state index in [9.17, 15) is 4.79 Å². The maximum Gasteiger partial charge on any atom is 0.250 e. The number of hydrogen-bond acceptors (Lipinski definition) is 3. The maximum absolute atomic E-state index is 11.7. The molecule has 0 bridgehead atoms. The van der Waals surface area contributed by atoms with Gasteiger partial charge in [0.05, 0.1) is 6.10 Å². The maximum atomic E-state index is 11.7. The van der Waals surface area contributed by atoms with E-state index >= 15 is 0 Å². The highest BCUT2D eigenvalue weighted by atomic mass is 79.9. The average Bonchev–Trinajstić information content (AvgIpc) is 2.40. The van der Waals surface area contributed by atoms with Crippen LogP contribution in [0.15, 0.2) is 28.7 Å². The molecule has 18 heavy (non-hydrogen) atoms. The van der Waals surface area contributed by atoms with E-state index in [0.29, 0.717) is 0 Å². The number of halogens is 1. The van der Waals surface area contributed by atoms with Crippen LogP contribution in [-0.2, 0) is 9.53 Å². The van der Waals surface area contributed by atoms with Crippen LogP contribution in [-0.4, -0.2) is 31.7 Å². The van der Waals surface area contributed by atoms with Crippen molar-refractivity contribution in [3.05, 3.63) is 28.7 Å². The van der Waals surface area contributed by atoms with E-state index in [4.69, 9.17) is 4.74 Å². The number of rotatable bonds is 4. The summed E-state index contributed by atoms with van der Waals surface area (Å²) in [5, 5.41) is 6.06. The Morgan fingerprint density at radius 3 is 2.89 bits per heavy atom. The SMILES string of the molecule is O=C(COC1CCCNC1)Nc1ccc(Br)cc1. The minimum atomic E-state index is -0.108. The van der Waals surface area contributed by atoms with Crippen molar-refractivity contribution in [1.82, 2.24) is 5.32 Å². The molecule has 1 atom stereocenters. The molecule has 5 heteroatoms. The number of benzene rings is 1. The number of nitrogens with one attached hydrogen (secondary N) is 2. The van der Waals surface area contributed by atoms with Gasteiger partial charge in [0.1, 0.15) is 6.61 Å². The average molecular weight is 313 g/mol. The van der Waals surface area contributed by atoms with Gasteiger partial charge in [-0.3, -0.25) is 4.79 Å². The molecular formula is C13H17BrN2O2. The zero-order valence-corrected chi connectivity index (χ0v) is 11.7.